The van der Waals surface area contributed by atoms with Gasteiger partial charge in [-0.25, -0.2) is 4.39 Å². The van der Waals surface area contributed by atoms with Gasteiger partial charge >= 0.3 is 0 Å². The van der Waals surface area contributed by atoms with Crippen LogP contribution in [0.3, 0.4) is 0 Å². The number of benzene rings is 2. The molecule has 0 atom stereocenters. The molecule has 2 N–H and O–H groups in total. The van der Waals surface area contributed by atoms with Gasteiger partial charge in [0.1, 0.15) is 11.6 Å². The van der Waals surface area contributed by atoms with Crippen molar-refractivity contribution in [2.45, 2.75) is 13.3 Å². The molecule has 2 amide bonds. The van der Waals surface area contributed by atoms with Crippen LogP contribution in [0.1, 0.15) is 11.1 Å². The zero-order chi connectivity index (χ0) is 19.6. The molecule has 0 aliphatic heterocycles. The van der Waals surface area contributed by atoms with E-state index in [0.717, 1.165) is 23.3 Å². The predicted molar refractivity (Wildman–Crippen MR) is 107 cm³/mol. The fraction of sp³-hybridized carbons (Fsp3) is 0.300. The van der Waals surface area contributed by atoms with Crippen molar-refractivity contribution in [3.63, 3.8) is 0 Å². The molecule has 0 radical (unpaired) electrons. The first-order valence-corrected chi connectivity index (χ1v) is 9.67. The van der Waals surface area contributed by atoms with Gasteiger partial charge < -0.3 is 15.4 Å². The van der Waals surface area contributed by atoms with Crippen LogP contribution in [0.5, 0.6) is 5.75 Å². The highest BCUT2D eigenvalue weighted by atomic mass is 32.2. The molecule has 7 heteroatoms. The third-order valence-corrected chi connectivity index (χ3v) is 4.77. The Morgan fingerprint density at radius 3 is 2.48 bits per heavy atom. The smallest absolute Gasteiger partial charge is 0.234 e. The zero-order valence-corrected chi connectivity index (χ0v) is 16.2. The molecule has 0 saturated heterocycles. The van der Waals surface area contributed by atoms with Gasteiger partial charge in [-0.3, -0.25) is 9.59 Å². The summed E-state index contributed by atoms with van der Waals surface area (Å²) in [6.45, 7) is 2.32. The van der Waals surface area contributed by atoms with Gasteiger partial charge in [0.05, 0.1) is 18.6 Å². The van der Waals surface area contributed by atoms with Gasteiger partial charge in [-0.15, -0.1) is 11.8 Å². The summed E-state index contributed by atoms with van der Waals surface area (Å²) in [4.78, 5) is 23.8. The molecule has 0 unspecified atom stereocenters. The Morgan fingerprint density at radius 1 is 1.07 bits per heavy atom. The second-order valence-electron chi connectivity index (χ2n) is 5.95. The lowest BCUT2D eigenvalue weighted by molar-refractivity contribution is -0.118. The van der Waals surface area contributed by atoms with Crippen molar-refractivity contribution < 1.29 is 18.7 Å². The fourth-order valence-electron chi connectivity index (χ4n) is 2.34. The molecular weight excluding hydrogens is 367 g/mol. The zero-order valence-electron chi connectivity index (χ0n) is 15.4. The molecule has 0 aliphatic carbocycles. The summed E-state index contributed by atoms with van der Waals surface area (Å²) in [6.07, 6.45) is 0.722. The fourth-order valence-corrected chi connectivity index (χ4v) is 2.99. The van der Waals surface area contributed by atoms with Gasteiger partial charge in [-0.05, 0) is 48.7 Å². The number of hydrogen-bond acceptors (Lipinski definition) is 4. The number of carbonyl (C=O) groups is 2. The molecular formula is C20H23FN2O3S. The number of rotatable bonds is 9. The normalized spacial score (nSPS) is 10.3. The lowest BCUT2D eigenvalue weighted by Crippen LogP contribution is -2.28. The van der Waals surface area contributed by atoms with Crippen molar-refractivity contribution in [1.29, 1.82) is 0 Å². The second-order valence-corrected chi connectivity index (χ2v) is 6.93. The van der Waals surface area contributed by atoms with E-state index in [4.69, 9.17) is 4.74 Å². The maximum atomic E-state index is 13.2. The van der Waals surface area contributed by atoms with Crippen molar-refractivity contribution in [2.75, 3.05) is 30.5 Å². The van der Waals surface area contributed by atoms with E-state index in [9.17, 15) is 14.0 Å². The number of nitrogens with one attached hydrogen (secondary N) is 2. The minimum Gasteiger partial charge on any atom is -0.497 e. The summed E-state index contributed by atoms with van der Waals surface area (Å²) < 4.78 is 18.3. The summed E-state index contributed by atoms with van der Waals surface area (Å²) in [5, 5.41) is 5.48. The molecule has 0 heterocycles. The summed E-state index contributed by atoms with van der Waals surface area (Å²) in [5.74, 6) is 0.327. The van der Waals surface area contributed by atoms with E-state index in [1.54, 1.807) is 20.1 Å². The average Bonchev–Trinajstić information content (AvgIpc) is 2.65. The molecule has 2 aromatic rings. The monoisotopic (exact) mass is 390 g/mol. The molecule has 2 aromatic carbocycles. The first kappa shape index (κ1) is 20.8. The van der Waals surface area contributed by atoms with Crippen LogP contribution in [0.15, 0.2) is 42.5 Å². The third kappa shape index (κ3) is 7.30. The van der Waals surface area contributed by atoms with Gasteiger partial charge in [0.15, 0.2) is 0 Å². The Balaban J connectivity index is 1.63. The van der Waals surface area contributed by atoms with Crippen molar-refractivity contribution in [3.05, 3.63) is 59.4 Å². The molecule has 144 valence electrons. The molecule has 0 saturated carbocycles. The number of thioether (sulfide) groups is 1. The van der Waals surface area contributed by atoms with E-state index in [0.29, 0.717) is 12.2 Å². The Hall–Kier alpha value is -2.54. The van der Waals surface area contributed by atoms with Crippen molar-refractivity contribution in [1.82, 2.24) is 5.32 Å². The molecule has 0 aliphatic rings. The van der Waals surface area contributed by atoms with Crippen molar-refractivity contribution >= 4 is 29.3 Å². The van der Waals surface area contributed by atoms with Crippen molar-refractivity contribution in [2.24, 2.45) is 0 Å². The Bertz CT molecular complexity index is 781. The number of aryl methyl sites for hydroxylation is 1. The maximum Gasteiger partial charge on any atom is 0.234 e. The predicted octanol–water partition coefficient (Wildman–Crippen LogP) is 3.17. The Labute approximate surface area is 162 Å². The highest BCUT2D eigenvalue weighted by molar-refractivity contribution is 8.00. The summed E-state index contributed by atoms with van der Waals surface area (Å²) >= 11 is 1.22. The first-order valence-electron chi connectivity index (χ1n) is 8.51. The van der Waals surface area contributed by atoms with Crippen LogP contribution in [0.25, 0.3) is 0 Å². The SMILES string of the molecule is COc1ccc(CCNC(=O)CSCC(=O)Nc2cc(F)ccc2C)cc1. The number of amides is 2. The van der Waals surface area contributed by atoms with Gasteiger partial charge in [0.2, 0.25) is 11.8 Å². The maximum absolute atomic E-state index is 13.2. The van der Waals surface area contributed by atoms with Gasteiger partial charge in [-0.2, -0.15) is 0 Å². The summed E-state index contributed by atoms with van der Waals surface area (Å²) in [7, 11) is 1.62. The van der Waals surface area contributed by atoms with E-state index in [2.05, 4.69) is 10.6 Å². The number of carbonyl (C=O) groups excluding carboxylic acids is 2. The highest BCUT2D eigenvalue weighted by Gasteiger charge is 2.08. The van der Waals surface area contributed by atoms with E-state index < -0.39 is 5.82 Å². The van der Waals surface area contributed by atoms with E-state index in [1.807, 2.05) is 24.3 Å². The van der Waals surface area contributed by atoms with Crippen LogP contribution in [0, 0.1) is 12.7 Å². The van der Waals surface area contributed by atoms with Gasteiger partial charge in [0.25, 0.3) is 0 Å². The molecule has 2 rings (SSSR count). The number of halogens is 1. The number of hydrogen-bond donors (Lipinski definition) is 2. The molecule has 0 aromatic heterocycles. The Kier molecular flexibility index (Phi) is 8.13. The highest BCUT2D eigenvalue weighted by Crippen LogP contribution is 2.16. The van der Waals surface area contributed by atoms with Crippen LogP contribution < -0.4 is 15.4 Å². The van der Waals surface area contributed by atoms with Crippen LogP contribution in [-0.4, -0.2) is 37.0 Å². The molecule has 0 bridgehead atoms. The van der Waals surface area contributed by atoms with E-state index in [1.165, 1.54) is 23.9 Å². The van der Waals surface area contributed by atoms with Crippen LogP contribution in [0.4, 0.5) is 10.1 Å². The standard InChI is InChI=1S/C20H23FN2O3S/c1-14-3-6-16(21)11-18(14)23-20(25)13-27-12-19(24)22-10-9-15-4-7-17(26-2)8-5-15/h3-8,11H,9-10,12-13H2,1-2H3,(H,22,24)(H,23,25). The molecule has 5 nitrogen and oxygen atoms in total. The third-order valence-electron chi connectivity index (χ3n) is 3.83. The summed E-state index contributed by atoms with van der Waals surface area (Å²) in [6, 6.07) is 11.9. The van der Waals surface area contributed by atoms with Crippen LogP contribution in [0.2, 0.25) is 0 Å². The minimum absolute atomic E-state index is 0.122. The first-order chi connectivity index (χ1) is 13.0. The van der Waals surface area contributed by atoms with Gasteiger partial charge in [-0.1, -0.05) is 18.2 Å². The lowest BCUT2D eigenvalue weighted by atomic mass is 10.1. The van der Waals surface area contributed by atoms with Gasteiger partial charge in [0, 0.05) is 12.2 Å². The van der Waals surface area contributed by atoms with Crippen LogP contribution in [-0.2, 0) is 16.0 Å². The van der Waals surface area contributed by atoms with Crippen LogP contribution >= 0.6 is 11.8 Å². The molecule has 0 fully saturated rings. The van der Waals surface area contributed by atoms with Crippen molar-refractivity contribution in [3.8, 4) is 5.75 Å². The lowest BCUT2D eigenvalue weighted by Gasteiger charge is -2.09. The Morgan fingerprint density at radius 2 is 1.78 bits per heavy atom. The average molecular weight is 390 g/mol. The largest absolute Gasteiger partial charge is 0.497 e. The van der Waals surface area contributed by atoms with E-state index >= 15 is 0 Å². The number of anilines is 1. The number of methoxy groups -OCH3 is 1. The number of ether oxygens (including phenoxy) is 1. The quantitative estimate of drug-likeness (QED) is 0.690. The molecule has 27 heavy (non-hydrogen) atoms. The van der Waals surface area contributed by atoms with E-state index in [-0.39, 0.29) is 23.3 Å². The second kappa shape index (κ2) is 10.6. The summed E-state index contributed by atoms with van der Waals surface area (Å²) in [5.41, 5.74) is 2.34. The topological polar surface area (TPSA) is 67.4 Å². The molecule has 0 spiro atoms. The minimum atomic E-state index is -0.403.